The minimum absolute atomic E-state index is 0.163. The third kappa shape index (κ3) is 3.67. The fraction of sp³-hybridized carbons (Fsp3) is 0.611. The number of hydrogen-bond acceptors (Lipinski definition) is 3. The van der Waals surface area contributed by atoms with Gasteiger partial charge in [0.2, 0.25) is 5.91 Å². The first kappa shape index (κ1) is 17.5. The number of anilines is 1. The fourth-order valence-corrected chi connectivity index (χ4v) is 4.10. The lowest BCUT2D eigenvalue weighted by Gasteiger charge is -2.41. The molecular weight excluding hydrogens is 329 g/mol. The van der Waals surface area contributed by atoms with Crippen molar-refractivity contribution in [2.75, 3.05) is 25.4 Å². The van der Waals surface area contributed by atoms with E-state index in [1.807, 2.05) is 4.90 Å². The molecule has 1 aliphatic carbocycles. The Labute approximate surface area is 147 Å². The maximum absolute atomic E-state index is 13.6. The summed E-state index contributed by atoms with van der Waals surface area (Å²) in [7, 11) is 0. The van der Waals surface area contributed by atoms with Crippen LogP contribution in [-0.2, 0) is 11.3 Å². The topological polar surface area (TPSA) is 49.6 Å². The zero-order chi connectivity index (χ0) is 17.3. The zero-order valence-corrected chi connectivity index (χ0v) is 14.9. The summed E-state index contributed by atoms with van der Waals surface area (Å²) in [4.78, 5) is 16.9. The summed E-state index contributed by atoms with van der Waals surface area (Å²) >= 11 is 6.20. The Kier molecular flexibility index (Phi) is 5.30. The molecule has 6 heteroatoms. The van der Waals surface area contributed by atoms with E-state index in [0.29, 0.717) is 23.0 Å². The van der Waals surface area contributed by atoms with Gasteiger partial charge < -0.3 is 10.6 Å². The Morgan fingerprint density at radius 2 is 2.04 bits per heavy atom. The summed E-state index contributed by atoms with van der Waals surface area (Å²) in [6, 6.07) is 2.85. The molecule has 2 fully saturated rings. The molecule has 3 rings (SSSR count). The van der Waals surface area contributed by atoms with Crippen molar-refractivity contribution in [1.29, 1.82) is 0 Å². The molecule has 1 aromatic carbocycles. The van der Waals surface area contributed by atoms with E-state index < -0.39 is 0 Å². The van der Waals surface area contributed by atoms with Crippen LogP contribution < -0.4 is 5.73 Å². The Morgan fingerprint density at radius 3 is 2.71 bits per heavy atom. The Morgan fingerprint density at radius 1 is 1.33 bits per heavy atom. The summed E-state index contributed by atoms with van der Waals surface area (Å²) in [6.07, 6.45) is 4.41. The highest BCUT2D eigenvalue weighted by Gasteiger charge is 2.33. The molecule has 0 radical (unpaired) electrons. The lowest BCUT2D eigenvalue weighted by molar-refractivity contribution is -0.140. The summed E-state index contributed by atoms with van der Waals surface area (Å²) < 4.78 is 13.6. The quantitative estimate of drug-likeness (QED) is 0.848. The molecule has 1 aliphatic heterocycles. The van der Waals surface area contributed by atoms with Crippen molar-refractivity contribution in [3.05, 3.63) is 28.5 Å². The second-order valence-corrected chi connectivity index (χ2v) is 7.44. The van der Waals surface area contributed by atoms with Crippen LogP contribution in [0.25, 0.3) is 0 Å². The molecule has 24 heavy (non-hydrogen) atoms. The molecule has 0 aromatic heterocycles. The van der Waals surface area contributed by atoms with Crippen LogP contribution in [0.1, 0.15) is 38.2 Å². The number of halogens is 2. The molecule has 1 amide bonds. The molecule has 0 spiro atoms. The van der Waals surface area contributed by atoms with E-state index in [1.54, 1.807) is 0 Å². The van der Waals surface area contributed by atoms with Gasteiger partial charge in [0.15, 0.2) is 0 Å². The van der Waals surface area contributed by atoms with Crippen LogP contribution in [0.15, 0.2) is 12.1 Å². The van der Waals surface area contributed by atoms with Gasteiger partial charge in [0.05, 0.1) is 10.7 Å². The minimum Gasteiger partial charge on any atom is -0.397 e. The molecule has 2 aliphatic rings. The van der Waals surface area contributed by atoms with Crippen LogP contribution in [0.4, 0.5) is 10.1 Å². The van der Waals surface area contributed by atoms with Crippen LogP contribution >= 0.6 is 11.6 Å². The van der Waals surface area contributed by atoms with Gasteiger partial charge >= 0.3 is 0 Å². The van der Waals surface area contributed by atoms with Gasteiger partial charge in [-0.05, 0) is 37.5 Å². The summed E-state index contributed by atoms with van der Waals surface area (Å²) in [5.41, 5.74) is 6.72. The maximum Gasteiger partial charge on any atom is 0.226 e. The highest BCUT2D eigenvalue weighted by Crippen LogP contribution is 2.29. The molecule has 132 valence electrons. The molecular formula is C18H25ClFN3O. The number of rotatable bonds is 3. The molecule has 4 nitrogen and oxygen atoms in total. The standard InChI is InChI=1S/C18H25ClFN3O/c1-12-10-22(11-14-8-15(20)9-16(21)17(14)19)6-7-23(12)18(24)13-4-2-3-5-13/h8-9,12-13H,2-7,10-11,21H2,1H3. The van der Waals surface area contributed by atoms with Crippen molar-refractivity contribution in [2.45, 2.75) is 45.2 Å². The largest absolute Gasteiger partial charge is 0.397 e. The first-order chi connectivity index (χ1) is 11.5. The van der Waals surface area contributed by atoms with E-state index in [-0.39, 0.29) is 23.5 Å². The normalized spacial score (nSPS) is 23.0. The highest BCUT2D eigenvalue weighted by molar-refractivity contribution is 6.33. The second kappa shape index (κ2) is 7.28. The van der Waals surface area contributed by atoms with Gasteiger partial charge in [0, 0.05) is 38.1 Å². The van der Waals surface area contributed by atoms with E-state index in [0.717, 1.165) is 32.5 Å². The molecule has 1 aromatic rings. The van der Waals surface area contributed by atoms with Crippen LogP contribution in [0.3, 0.4) is 0 Å². The average molecular weight is 354 g/mol. The minimum atomic E-state index is -0.366. The molecule has 1 saturated heterocycles. The number of carbonyl (C=O) groups is 1. The number of nitrogens with zero attached hydrogens (tertiary/aromatic N) is 2. The van der Waals surface area contributed by atoms with Gasteiger partial charge in [-0.1, -0.05) is 24.4 Å². The first-order valence-corrected chi connectivity index (χ1v) is 9.09. The highest BCUT2D eigenvalue weighted by atomic mass is 35.5. The Balaban J connectivity index is 1.62. The SMILES string of the molecule is CC1CN(Cc2cc(F)cc(N)c2Cl)CCN1C(=O)C1CCCC1. The van der Waals surface area contributed by atoms with Crippen LogP contribution in [-0.4, -0.2) is 41.4 Å². The predicted molar refractivity (Wildman–Crippen MR) is 94.2 cm³/mol. The van der Waals surface area contributed by atoms with E-state index in [9.17, 15) is 9.18 Å². The molecule has 1 saturated carbocycles. The van der Waals surface area contributed by atoms with E-state index in [1.165, 1.54) is 25.0 Å². The van der Waals surface area contributed by atoms with Gasteiger partial charge in [0.25, 0.3) is 0 Å². The predicted octanol–water partition coefficient (Wildman–Crippen LogP) is 3.28. The number of nitrogen functional groups attached to an aromatic ring is 1. The molecule has 0 bridgehead atoms. The lowest BCUT2D eigenvalue weighted by Crippen LogP contribution is -2.54. The van der Waals surface area contributed by atoms with Gasteiger partial charge in [-0.25, -0.2) is 4.39 Å². The van der Waals surface area contributed by atoms with Crippen molar-refractivity contribution >= 4 is 23.2 Å². The molecule has 1 heterocycles. The smallest absolute Gasteiger partial charge is 0.226 e. The number of amides is 1. The third-order valence-electron chi connectivity index (χ3n) is 5.23. The summed E-state index contributed by atoms with van der Waals surface area (Å²) in [6.45, 7) is 4.90. The summed E-state index contributed by atoms with van der Waals surface area (Å²) in [5, 5.41) is 0.425. The Hall–Kier alpha value is -1.33. The van der Waals surface area contributed by atoms with Gasteiger partial charge in [-0.2, -0.15) is 0 Å². The van der Waals surface area contributed by atoms with Gasteiger partial charge in [-0.3, -0.25) is 9.69 Å². The van der Waals surface area contributed by atoms with E-state index >= 15 is 0 Å². The molecule has 1 unspecified atom stereocenters. The van der Waals surface area contributed by atoms with Crippen molar-refractivity contribution in [2.24, 2.45) is 5.92 Å². The van der Waals surface area contributed by atoms with Crippen molar-refractivity contribution < 1.29 is 9.18 Å². The van der Waals surface area contributed by atoms with Crippen LogP contribution in [0.2, 0.25) is 5.02 Å². The second-order valence-electron chi connectivity index (χ2n) is 7.07. The number of piperazine rings is 1. The number of benzene rings is 1. The van der Waals surface area contributed by atoms with E-state index in [2.05, 4.69) is 11.8 Å². The lowest BCUT2D eigenvalue weighted by atomic mass is 10.0. The van der Waals surface area contributed by atoms with Gasteiger partial charge in [-0.15, -0.1) is 0 Å². The van der Waals surface area contributed by atoms with Crippen molar-refractivity contribution in [3.8, 4) is 0 Å². The third-order valence-corrected chi connectivity index (χ3v) is 5.69. The monoisotopic (exact) mass is 353 g/mol. The van der Waals surface area contributed by atoms with Crippen molar-refractivity contribution in [1.82, 2.24) is 9.80 Å². The van der Waals surface area contributed by atoms with Crippen molar-refractivity contribution in [3.63, 3.8) is 0 Å². The maximum atomic E-state index is 13.6. The van der Waals surface area contributed by atoms with Crippen LogP contribution in [0.5, 0.6) is 0 Å². The van der Waals surface area contributed by atoms with E-state index in [4.69, 9.17) is 17.3 Å². The Bertz CT molecular complexity index is 619. The first-order valence-electron chi connectivity index (χ1n) is 8.72. The average Bonchev–Trinajstić information content (AvgIpc) is 3.06. The number of nitrogens with two attached hydrogens (primary N) is 1. The van der Waals surface area contributed by atoms with Crippen LogP contribution in [0, 0.1) is 11.7 Å². The fourth-order valence-electron chi connectivity index (χ4n) is 3.94. The summed E-state index contributed by atoms with van der Waals surface area (Å²) in [5.74, 6) is 0.166. The molecule has 2 N–H and O–H groups in total. The number of carbonyl (C=O) groups excluding carboxylic acids is 1. The number of hydrogen-bond donors (Lipinski definition) is 1. The zero-order valence-electron chi connectivity index (χ0n) is 14.1. The molecule has 1 atom stereocenters. The van der Waals surface area contributed by atoms with Gasteiger partial charge in [0.1, 0.15) is 5.82 Å².